The Labute approximate surface area is 131 Å². The molecule has 8 heteroatoms. The Morgan fingerprint density at radius 1 is 1.55 bits per heavy atom. The van der Waals surface area contributed by atoms with Gasteiger partial charge in [0.2, 0.25) is 5.28 Å². The molecule has 2 aromatic heterocycles. The standard InChI is InChI=1S/C14H16ClFN4O2/c1-19(8-14(16)4-2-5-14)11-9-3-6-20(7-10(21)22)12(9)18-13(15)17-11/h3,6H,2,4-5,7-8H2,1H3,(H,21,22). The van der Waals surface area contributed by atoms with E-state index in [0.29, 0.717) is 29.7 Å². The zero-order valence-corrected chi connectivity index (χ0v) is 12.8. The zero-order chi connectivity index (χ0) is 15.9. The van der Waals surface area contributed by atoms with E-state index in [1.54, 1.807) is 24.2 Å². The normalized spacial score (nSPS) is 16.5. The molecule has 3 rings (SSSR count). The number of carbonyl (C=O) groups is 1. The second-order valence-corrected chi connectivity index (χ2v) is 6.09. The quantitative estimate of drug-likeness (QED) is 0.855. The molecule has 0 saturated heterocycles. The number of aromatic nitrogens is 3. The number of rotatable bonds is 5. The van der Waals surface area contributed by atoms with Crippen LogP contribution in [0.2, 0.25) is 5.28 Å². The van der Waals surface area contributed by atoms with Crippen LogP contribution in [0.3, 0.4) is 0 Å². The van der Waals surface area contributed by atoms with Crippen LogP contribution < -0.4 is 4.90 Å². The summed E-state index contributed by atoms with van der Waals surface area (Å²) >= 11 is 5.95. The third-order valence-corrected chi connectivity index (χ3v) is 4.18. The molecule has 2 aromatic rings. The number of hydrogen-bond acceptors (Lipinski definition) is 4. The number of halogens is 2. The molecule has 0 aliphatic heterocycles. The second-order valence-electron chi connectivity index (χ2n) is 5.75. The second kappa shape index (κ2) is 5.39. The molecule has 22 heavy (non-hydrogen) atoms. The fourth-order valence-electron chi connectivity index (χ4n) is 2.81. The van der Waals surface area contributed by atoms with Crippen molar-refractivity contribution in [3.63, 3.8) is 0 Å². The summed E-state index contributed by atoms with van der Waals surface area (Å²) in [7, 11) is 1.76. The van der Waals surface area contributed by atoms with E-state index in [4.69, 9.17) is 16.7 Å². The number of carboxylic acid groups (broad SMARTS) is 1. The van der Waals surface area contributed by atoms with Crippen LogP contribution in [-0.4, -0.2) is 44.9 Å². The van der Waals surface area contributed by atoms with Gasteiger partial charge in [0.25, 0.3) is 0 Å². The Hall–Kier alpha value is -1.89. The largest absolute Gasteiger partial charge is 0.480 e. The van der Waals surface area contributed by atoms with Gasteiger partial charge in [0, 0.05) is 13.2 Å². The van der Waals surface area contributed by atoms with Crippen molar-refractivity contribution in [3.8, 4) is 0 Å². The Kier molecular flexibility index (Phi) is 3.68. The van der Waals surface area contributed by atoms with E-state index >= 15 is 0 Å². The highest BCUT2D eigenvalue weighted by Gasteiger charge is 2.38. The summed E-state index contributed by atoms with van der Waals surface area (Å²) in [4.78, 5) is 20.9. The average Bonchev–Trinajstić information content (AvgIpc) is 2.78. The number of alkyl halides is 1. The first-order valence-electron chi connectivity index (χ1n) is 7.02. The molecular weight excluding hydrogens is 311 g/mol. The van der Waals surface area contributed by atoms with Crippen molar-refractivity contribution >= 4 is 34.4 Å². The maximum absolute atomic E-state index is 14.3. The maximum atomic E-state index is 14.3. The van der Waals surface area contributed by atoms with Gasteiger partial charge in [-0.15, -0.1) is 0 Å². The summed E-state index contributed by atoms with van der Waals surface area (Å²) in [6.07, 6.45) is 3.63. The van der Waals surface area contributed by atoms with Gasteiger partial charge in [0.1, 0.15) is 23.7 Å². The van der Waals surface area contributed by atoms with Gasteiger partial charge in [0.05, 0.1) is 11.9 Å². The van der Waals surface area contributed by atoms with Gasteiger partial charge < -0.3 is 14.6 Å². The molecule has 118 valence electrons. The minimum absolute atomic E-state index is 0.0150. The highest BCUT2D eigenvalue weighted by molar-refractivity contribution is 6.28. The summed E-state index contributed by atoms with van der Waals surface area (Å²) in [5, 5.41) is 9.61. The third kappa shape index (κ3) is 2.72. The van der Waals surface area contributed by atoms with Crippen LogP contribution in [0.1, 0.15) is 19.3 Å². The first kappa shape index (κ1) is 15.0. The van der Waals surface area contributed by atoms with Crippen molar-refractivity contribution in [3.05, 3.63) is 17.5 Å². The summed E-state index contributed by atoms with van der Waals surface area (Å²) < 4.78 is 15.8. The number of carboxylic acids is 1. The topological polar surface area (TPSA) is 71.2 Å². The molecule has 2 heterocycles. The monoisotopic (exact) mass is 326 g/mol. The van der Waals surface area contributed by atoms with Crippen LogP contribution in [0, 0.1) is 0 Å². The van der Waals surface area contributed by atoms with E-state index in [1.165, 1.54) is 4.57 Å². The van der Waals surface area contributed by atoms with Crippen LogP contribution in [-0.2, 0) is 11.3 Å². The minimum Gasteiger partial charge on any atom is -0.480 e. The lowest BCUT2D eigenvalue weighted by molar-refractivity contribution is -0.137. The lowest BCUT2D eigenvalue weighted by Gasteiger charge is -2.37. The van der Waals surface area contributed by atoms with Gasteiger partial charge in [-0.3, -0.25) is 4.79 Å². The highest BCUT2D eigenvalue weighted by Crippen LogP contribution is 2.37. The average molecular weight is 327 g/mol. The van der Waals surface area contributed by atoms with Crippen molar-refractivity contribution in [1.29, 1.82) is 0 Å². The van der Waals surface area contributed by atoms with Gasteiger partial charge in [0.15, 0.2) is 0 Å². The summed E-state index contributed by atoms with van der Waals surface area (Å²) in [6, 6.07) is 1.73. The number of aliphatic carboxylic acids is 1. The van der Waals surface area contributed by atoms with Gasteiger partial charge in [-0.1, -0.05) is 0 Å². The summed E-state index contributed by atoms with van der Waals surface area (Å²) in [5.41, 5.74) is -0.743. The van der Waals surface area contributed by atoms with Crippen LogP contribution in [0.4, 0.5) is 10.2 Å². The SMILES string of the molecule is CN(CC1(F)CCC1)c1nc(Cl)nc2c1ccn2CC(=O)O. The molecule has 0 bridgehead atoms. The maximum Gasteiger partial charge on any atom is 0.323 e. The van der Waals surface area contributed by atoms with Crippen molar-refractivity contribution in [1.82, 2.24) is 14.5 Å². The molecule has 0 radical (unpaired) electrons. The Morgan fingerprint density at radius 2 is 2.27 bits per heavy atom. The fraction of sp³-hybridized carbons (Fsp3) is 0.500. The van der Waals surface area contributed by atoms with Gasteiger partial charge in [-0.25, -0.2) is 4.39 Å². The number of hydrogen-bond donors (Lipinski definition) is 1. The first-order valence-corrected chi connectivity index (χ1v) is 7.40. The highest BCUT2D eigenvalue weighted by atomic mass is 35.5. The van der Waals surface area contributed by atoms with Crippen molar-refractivity contribution in [2.24, 2.45) is 0 Å². The number of fused-ring (bicyclic) bond motifs is 1. The molecule has 0 atom stereocenters. The molecule has 0 amide bonds. The van der Waals surface area contributed by atoms with Crippen molar-refractivity contribution < 1.29 is 14.3 Å². The molecule has 1 N–H and O–H groups in total. The summed E-state index contributed by atoms with van der Waals surface area (Å²) in [5.74, 6) is -0.456. The zero-order valence-electron chi connectivity index (χ0n) is 12.1. The first-order chi connectivity index (χ1) is 10.4. The van der Waals surface area contributed by atoms with Gasteiger partial charge in [-0.2, -0.15) is 9.97 Å². The Balaban J connectivity index is 1.98. The molecule has 1 aliphatic rings. The minimum atomic E-state index is -1.18. The molecule has 0 spiro atoms. The third-order valence-electron chi connectivity index (χ3n) is 4.01. The van der Waals surface area contributed by atoms with Crippen LogP contribution in [0.25, 0.3) is 11.0 Å². The van der Waals surface area contributed by atoms with Crippen LogP contribution in [0.5, 0.6) is 0 Å². The lowest BCUT2D eigenvalue weighted by atomic mass is 9.82. The van der Waals surface area contributed by atoms with Gasteiger partial charge in [-0.05, 0) is 36.9 Å². The van der Waals surface area contributed by atoms with Crippen molar-refractivity contribution in [2.45, 2.75) is 31.5 Å². The van der Waals surface area contributed by atoms with Crippen LogP contribution >= 0.6 is 11.6 Å². The molecule has 0 unspecified atom stereocenters. The van der Waals surface area contributed by atoms with E-state index in [2.05, 4.69) is 9.97 Å². The summed E-state index contributed by atoms with van der Waals surface area (Å²) in [6.45, 7) is 0.0204. The predicted molar refractivity (Wildman–Crippen MR) is 81.1 cm³/mol. The van der Waals surface area contributed by atoms with Gasteiger partial charge >= 0.3 is 5.97 Å². The van der Waals surface area contributed by atoms with E-state index in [9.17, 15) is 9.18 Å². The van der Waals surface area contributed by atoms with E-state index < -0.39 is 11.6 Å². The fourth-order valence-corrected chi connectivity index (χ4v) is 2.97. The number of anilines is 1. The smallest absolute Gasteiger partial charge is 0.323 e. The Bertz CT molecular complexity index is 729. The molecule has 0 aromatic carbocycles. The number of nitrogens with zero attached hydrogens (tertiary/aromatic N) is 4. The molecule has 6 nitrogen and oxygen atoms in total. The molecule has 1 aliphatic carbocycles. The molecule has 1 fully saturated rings. The van der Waals surface area contributed by atoms with Crippen LogP contribution in [0.15, 0.2) is 12.3 Å². The molecular formula is C14H16ClFN4O2. The Morgan fingerprint density at radius 3 is 2.86 bits per heavy atom. The lowest BCUT2D eigenvalue weighted by Crippen LogP contribution is -2.43. The van der Waals surface area contributed by atoms with E-state index in [1.807, 2.05) is 0 Å². The van der Waals surface area contributed by atoms with E-state index in [-0.39, 0.29) is 18.4 Å². The van der Waals surface area contributed by atoms with E-state index in [0.717, 1.165) is 6.42 Å². The van der Waals surface area contributed by atoms with Crippen molar-refractivity contribution in [2.75, 3.05) is 18.5 Å². The predicted octanol–water partition coefficient (Wildman–Crippen LogP) is 2.50. The molecule has 1 saturated carbocycles.